The van der Waals surface area contributed by atoms with Gasteiger partial charge in [0.2, 0.25) is 0 Å². The Morgan fingerprint density at radius 2 is 1.68 bits per heavy atom. The van der Waals surface area contributed by atoms with Crippen LogP contribution in [0.2, 0.25) is 0 Å². The zero-order chi connectivity index (χ0) is 16.5. The largest absolute Gasteiger partial charge is 0.362 e. The predicted octanol–water partition coefficient (Wildman–Crippen LogP) is 1.05. The van der Waals surface area contributed by atoms with Crippen LogP contribution >= 0.6 is 0 Å². The topological polar surface area (TPSA) is 84.0 Å². The highest BCUT2D eigenvalue weighted by Gasteiger charge is 2.34. The van der Waals surface area contributed by atoms with Crippen molar-refractivity contribution in [3.8, 4) is 0 Å². The summed E-state index contributed by atoms with van der Waals surface area (Å²) in [5, 5.41) is -1.12. The lowest BCUT2D eigenvalue weighted by molar-refractivity contribution is 0.275. The lowest BCUT2D eigenvalue weighted by Gasteiger charge is -2.24. The molecule has 1 heterocycles. The Morgan fingerprint density at radius 1 is 1.09 bits per heavy atom. The van der Waals surface area contributed by atoms with Gasteiger partial charge < -0.3 is 9.80 Å². The first kappa shape index (κ1) is 16.8. The lowest BCUT2D eigenvalue weighted by Crippen LogP contribution is -2.38. The van der Waals surface area contributed by atoms with Crippen LogP contribution in [0.25, 0.3) is 0 Å². The molecular weight excluding hydrogens is 328 g/mol. The van der Waals surface area contributed by atoms with Gasteiger partial charge in [-0.3, -0.25) is 0 Å². The molecule has 0 aromatic heterocycles. The molecule has 1 aromatic rings. The first-order chi connectivity index (χ1) is 10.1. The summed E-state index contributed by atoms with van der Waals surface area (Å²) in [7, 11) is -6.92. The van der Waals surface area contributed by atoms with Crippen molar-refractivity contribution in [3.05, 3.63) is 42.2 Å². The molecule has 0 saturated carbocycles. The summed E-state index contributed by atoms with van der Waals surface area (Å²) in [6.07, 6.45) is 3.27. The summed E-state index contributed by atoms with van der Waals surface area (Å²) in [5.74, 6) is 0. The first-order valence-electron chi connectivity index (χ1n) is 6.53. The molecule has 0 bridgehead atoms. The fraction of sp³-hybridized carbons (Fsp3) is 0.385. The quantitative estimate of drug-likeness (QED) is 0.788. The minimum absolute atomic E-state index is 0.192. The van der Waals surface area contributed by atoms with Crippen molar-refractivity contribution in [1.82, 2.24) is 9.80 Å². The maximum absolute atomic E-state index is 12.2. The number of rotatable bonds is 5. The molecule has 0 spiro atoms. The van der Waals surface area contributed by atoms with Crippen molar-refractivity contribution < 1.29 is 20.5 Å². The monoisotopic (exact) mass is 346 g/mol. The fourth-order valence-electron chi connectivity index (χ4n) is 1.88. The van der Waals surface area contributed by atoms with Crippen molar-refractivity contribution in [3.63, 3.8) is 0 Å². The number of hydrogen-bond acceptors (Lipinski definition) is 7. The van der Waals surface area contributed by atoms with Gasteiger partial charge in [-0.15, -0.1) is 3.63 Å². The minimum Gasteiger partial charge on any atom is -0.362 e. The number of nitrogens with zero attached hydrogens (tertiary/aromatic N) is 2. The van der Waals surface area contributed by atoms with Crippen LogP contribution in [0, 0.1) is 6.92 Å². The minimum atomic E-state index is -4.38. The van der Waals surface area contributed by atoms with Crippen LogP contribution in [0.3, 0.4) is 0 Å². The van der Waals surface area contributed by atoms with Gasteiger partial charge in [0, 0.05) is 19.4 Å². The highest BCUT2D eigenvalue weighted by molar-refractivity contribution is 8.00. The molecule has 1 aliphatic rings. The zero-order valence-electron chi connectivity index (χ0n) is 12.5. The second kappa shape index (κ2) is 5.90. The van der Waals surface area contributed by atoms with E-state index in [1.807, 2.05) is 0 Å². The summed E-state index contributed by atoms with van der Waals surface area (Å²) in [4.78, 5) is 3.04. The smallest absolute Gasteiger partial charge is 0.311 e. The van der Waals surface area contributed by atoms with E-state index in [0.29, 0.717) is 6.67 Å². The predicted molar refractivity (Wildman–Crippen MR) is 81.4 cm³/mol. The van der Waals surface area contributed by atoms with E-state index in [1.165, 1.54) is 24.0 Å². The van der Waals surface area contributed by atoms with Gasteiger partial charge in [-0.1, -0.05) is 17.7 Å². The van der Waals surface area contributed by atoms with Crippen molar-refractivity contribution in [1.29, 1.82) is 0 Å². The molecule has 1 atom stereocenters. The molecule has 9 heteroatoms. The zero-order valence-corrected chi connectivity index (χ0v) is 14.1. The molecule has 1 aromatic carbocycles. The van der Waals surface area contributed by atoms with Crippen LogP contribution in [0.15, 0.2) is 41.6 Å². The lowest BCUT2D eigenvalue weighted by atomic mass is 10.2. The standard InChI is InChI=1S/C13H18N2O5S2/c1-11-4-6-13(7-5-11)22(18,19)20-21(16,17)12(2)15-9-8-14(3)10-15/h4-9,12H,10H2,1-3H3. The van der Waals surface area contributed by atoms with Gasteiger partial charge in [-0.2, -0.15) is 16.8 Å². The summed E-state index contributed by atoms with van der Waals surface area (Å²) in [6, 6.07) is 5.78. The van der Waals surface area contributed by atoms with E-state index < -0.39 is 25.6 Å². The third-order valence-electron chi connectivity index (χ3n) is 3.28. The SMILES string of the molecule is Cc1ccc(S(=O)(=O)OS(=O)(=O)C(C)N2C=CN(C)C2)cc1. The van der Waals surface area contributed by atoms with Gasteiger partial charge in [-0.05, 0) is 26.0 Å². The normalized spacial score (nSPS) is 17.0. The Morgan fingerprint density at radius 3 is 2.18 bits per heavy atom. The summed E-state index contributed by atoms with van der Waals surface area (Å²) < 4.78 is 53.1. The van der Waals surface area contributed by atoms with Crippen molar-refractivity contribution in [2.24, 2.45) is 0 Å². The van der Waals surface area contributed by atoms with E-state index in [2.05, 4.69) is 3.63 Å². The van der Waals surface area contributed by atoms with Crippen LogP contribution in [-0.2, 0) is 23.9 Å². The van der Waals surface area contributed by atoms with Crippen LogP contribution in [0.4, 0.5) is 0 Å². The van der Waals surface area contributed by atoms with E-state index in [0.717, 1.165) is 5.56 Å². The molecule has 122 valence electrons. The van der Waals surface area contributed by atoms with E-state index in [1.54, 1.807) is 43.4 Å². The first-order valence-corrected chi connectivity index (χ1v) is 9.41. The molecule has 0 amide bonds. The van der Waals surface area contributed by atoms with Crippen LogP contribution < -0.4 is 0 Å². The van der Waals surface area contributed by atoms with Crippen molar-refractivity contribution in [2.75, 3.05) is 13.7 Å². The molecule has 0 fully saturated rings. The molecule has 1 aliphatic heterocycles. The molecule has 0 radical (unpaired) electrons. The van der Waals surface area contributed by atoms with Gasteiger partial charge >= 0.3 is 20.2 Å². The summed E-state index contributed by atoms with van der Waals surface area (Å²) >= 11 is 0. The second-order valence-corrected chi connectivity index (χ2v) is 8.73. The van der Waals surface area contributed by atoms with Gasteiger partial charge in [0.05, 0.1) is 11.6 Å². The molecule has 0 aliphatic carbocycles. The van der Waals surface area contributed by atoms with E-state index in [-0.39, 0.29) is 4.90 Å². The van der Waals surface area contributed by atoms with Gasteiger partial charge in [-0.25, -0.2) is 0 Å². The van der Waals surface area contributed by atoms with Crippen LogP contribution in [-0.4, -0.2) is 45.7 Å². The maximum atomic E-state index is 12.2. The Labute approximate surface area is 131 Å². The highest BCUT2D eigenvalue weighted by atomic mass is 32.3. The van der Waals surface area contributed by atoms with Crippen molar-refractivity contribution >= 4 is 20.2 Å². The fourth-order valence-corrected chi connectivity index (χ4v) is 4.59. The average Bonchev–Trinajstić information content (AvgIpc) is 2.83. The molecular formula is C13H18N2O5S2. The summed E-state index contributed by atoms with van der Waals surface area (Å²) in [6.45, 7) is 3.52. The Hall–Kier alpha value is -1.58. The Balaban J connectivity index is 2.20. The number of aryl methyl sites for hydroxylation is 1. The van der Waals surface area contributed by atoms with Gasteiger partial charge in [0.1, 0.15) is 0 Å². The Kier molecular flexibility index (Phi) is 4.50. The molecule has 2 rings (SSSR count). The molecule has 22 heavy (non-hydrogen) atoms. The summed E-state index contributed by atoms with van der Waals surface area (Å²) in [5.41, 5.74) is 0.861. The van der Waals surface area contributed by atoms with Crippen molar-refractivity contribution in [2.45, 2.75) is 24.1 Å². The number of hydrogen-bond donors (Lipinski definition) is 0. The highest BCUT2D eigenvalue weighted by Crippen LogP contribution is 2.21. The third-order valence-corrected chi connectivity index (χ3v) is 6.71. The third kappa shape index (κ3) is 3.60. The van der Waals surface area contributed by atoms with Gasteiger partial charge in [0.15, 0.2) is 5.37 Å². The molecule has 0 N–H and O–H groups in total. The average molecular weight is 346 g/mol. The van der Waals surface area contributed by atoms with Gasteiger partial charge in [0.25, 0.3) is 0 Å². The van der Waals surface area contributed by atoms with E-state index >= 15 is 0 Å². The van der Waals surface area contributed by atoms with E-state index in [9.17, 15) is 16.8 Å². The molecule has 1 unspecified atom stereocenters. The maximum Gasteiger partial charge on any atom is 0.311 e. The van der Waals surface area contributed by atoms with E-state index in [4.69, 9.17) is 0 Å². The number of benzene rings is 1. The van der Waals surface area contributed by atoms with Crippen LogP contribution in [0.5, 0.6) is 0 Å². The molecule has 7 nitrogen and oxygen atoms in total. The second-order valence-electron chi connectivity index (χ2n) is 5.14. The Bertz CT molecular complexity index is 769. The molecule has 0 saturated heterocycles. The van der Waals surface area contributed by atoms with Crippen LogP contribution in [0.1, 0.15) is 12.5 Å².